The Labute approximate surface area is 207 Å². The molecule has 1 aliphatic heterocycles. The fraction of sp³-hybridized carbons (Fsp3) is 0.615. The number of urea groups is 1. The third kappa shape index (κ3) is 6.96. The van der Waals surface area contributed by atoms with Crippen molar-refractivity contribution in [3.05, 3.63) is 24.3 Å². The van der Waals surface area contributed by atoms with Gasteiger partial charge in [-0.25, -0.2) is 4.79 Å². The molecule has 0 aromatic heterocycles. The molecule has 0 radical (unpaired) electrons. The minimum atomic E-state index is -0.418. The highest BCUT2D eigenvalue weighted by Crippen LogP contribution is 2.34. The molecular weight excluding hydrogens is 448 g/mol. The normalized spacial score (nSPS) is 20.0. The van der Waals surface area contributed by atoms with E-state index in [-0.39, 0.29) is 48.8 Å². The van der Waals surface area contributed by atoms with E-state index in [0.29, 0.717) is 43.7 Å². The van der Waals surface area contributed by atoms with Crippen molar-refractivity contribution in [2.75, 3.05) is 25.0 Å². The summed E-state index contributed by atoms with van der Waals surface area (Å²) in [6.45, 7) is 6.28. The molecule has 1 aliphatic carbocycles. The molecule has 1 saturated heterocycles. The number of ether oxygens (including phenoxy) is 1. The maximum atomic E-state index is 13.4. The molecule has 0 spiro atoms. The number of fused-ring (bicyclic) bond motifs is 1. The molecule has 2 atom stereocenters. The quantitative estimate of drug-likeness (QED) is 0.465. The molecule has 2 unspecified atom stereocenters. The molecule has 9 heteroatoms. The molecule has 9 nitrogen and oxygen atoms in total. The van der Waals surface area contributed by atoms with Crippen LogP contribution in [0.5, 0.6) is 5.75 Å². The summed E-state index contributed by atoms with van der Waals surface area (Å²) >= 11 is 0. The van der Waals surface area contributed by atoms with Crippen LogP contribution in [0.1, 0.15) is 65.7 Å². The summed E-state index contributed by atoms with van der Waals surface area (Å²) in [5, 5.41) is 5.71. The minimum absolute atomic E-state index is 0.0331. The second-order valence-electron chi connectivity index (χ2n) is 9.52. The van der Waals surface area contributed by atoms with Crippen molar-refractivity contribution in [2.45, 2.75) is 77.8 Å². The van der Waals surface area contributed by atoms with Crippen LogP contribution in [0.15, 0.2) is 24.3 Å². The summed E-state index contributed by atoms with van der Waals surface area (Å²) in [7, 11) is 0. The second kappa shape index (κ2) is 12.6. The van der Waals surface area contributed by atoms with Gasteiger partial charge in [-0.15, -0.1) is 0 Å². The Hall–Kier alpha value is -3.10. The number of imide groups is 1. The monoisotopic (exact) mass is 486 g/mol. The first-order chi connectivity index (χ1) is 16.8. The van der Waals surface area contributed by atoms with E-state index >= 15 is 0 Å². The molecule has 1 aromatic rings. The molecule has 35 heavy (non-hydrogen) atoms. The van der Waals surface area contributed by atoms with Crippen molar-refractivity contribution in [2.24, 2.45) is 5.92 Å². The van der Waals surface area contributed by atoms with Gasteiger partial charge in [-0.2, -0.15) is 0 Å². The molecule has 0 bridgehead atoms. The highest BCUT2D eigenvalue weighted by atomic mass is 16.5. The number of carbonyl (C=O) groups is 4. The average Bonchev–Trinajstić information content (AvgIpc) is 2.82. The highest BCUT2D eigenvalue weighted by Gasteiger charge is 2.47. The van der Waals surface area contributed by atoms with E-state index in [4.69, 9.17) is 4.74 Å². The largest absolute Gasteiger partial charge is 0.492 e. The van der Waals surface area contributed by atoms with Crippen LogP contribution in [-0.4, -0.2) is 65.3 Å². The van der Waals surface area contributed by atoms with Crippen LogP contribution in [0.4, 0.5) is 10.5 Å². The summed E-state index contributed by atoms with van der Waals surface area (Å²) in [5.41, 5.74) is 0.552. The van der Waals surface area contributed by atoms with Crippen LogP contribution < -0.4 is 15.4 Å². The van der Waals surface area contributed by atoms with E-state index in [1.807, 2.05) is 32.9 Å². The Bertz CT molecular complexity index is 919. The molecule has 3 rings (SSSR count). The minimum Gasteiger partial charge on any atom is -0.492 e. The van der Waals surface area contributed by atoms with E-state index in [9.17, 15) is 19.2 Å². The molecular formula is C26H38N4O5. The third-order valence-corrected chi connectivity index (χ3v) is 6.45. The van der Waals surface area contributed by atoms with Gasteiger partial charge in [0.1, 0.15) is 12.3 Å². The Balaban J connectivity index is 1.65. The van der Waals surface area contributed by atoms with E-state index in [0.717, 1.165) is 19.3 Å². The van der Waals surface area contributed by atoms with Gasteiger partial charge < -0.3 is 20.3 Å². The summed E-state index contributed by atoms with van der Waals surface area (Å²) in [6, 6.07) is 6.58. The van der Waals surface area contributed by atoms with E-state index in [2.05, 4.69) is 10.6 Å². The van der Waals surface area contributed by atoms with Crippen molar-refractivity contribution < 1.29 is 23.9 Å². The number of amides is 5. The number of nitrogens with one attached hydrogen (secondary N) is 2. The second-order valence-corrected chi connectivity index (χ2v) is 9.52. The van der Waals surface area contributed by atoms with Crippen molar-refractivity contribution in [3.63, 3.8) is 0 Å². The topological polar surface area (TPSA) is 108 Å². The SMILES string of the molecule is CCOc1ccccc1NC(=O)CN1C(=O)N(CCCCC(=O)NC(C)C)C(=O)C2CCCCC21. The van der Waals surface area contributed by atoms with Gasteiger partial charge >= 0.3 is 6.03 Å². The van der Waals surface area contributed by atoms with Gasteiger partial charge in [0.2, 0.25) is 17.7 Å². The number of para-hydroxylation sites is 2. The molecule has 192 valence electrons. The predicted molar refractivity (Wildman–Crippen MR) is 133 cm³/mol. The number of hydrogen-bond donors (Lipinski definition) is 2. The first kappa shape index (κ1) is 26.5. The van der Waals surface area contributed by atoms with Crippen LogP contribution in [0.2, 0.25) is 0 Å². The molecule has 1 saturated carbocycles. The molecule has 1 heterocycles. The number of benzene rings is 1. The lowest BCUT2D eigenvalue weighted by Gasteiger charge is -2.46. The zero-order valence-corrected chi connectivity index (χ0v) is 21.0. The maximum Gasteiger partial charge on any atom is 0.327 e. The summed E-state index contributed by atoms with van der Waals surface area (Å²) < 4.78 is 5.58. The van der Waals surface area contributed by atoms with Gasteiger partial charge in [0.05, 0.1) is 18.2 Å². The fourth-order valence-electron chi connectivity index (χ4n) is 4.90. The number of hydrogen-bond acceptors (Lipinski definition) is 5. The van der Waals surface area contributed by atoms with Crippen LogP contribution in [0.25, 0.3) is 0 Å². The average molecular weight is 487 g/mol. The first-order valence-electron chi connectivity index (χ1n) is 12.7. The lowest BCUT2D eigenvalue weighted by molar-refractivity contribution is -0.141. The lowest BCUT2D eigenvalue weighted by Crippen LogP contribution is -2.63. The molecule has 2 N–H and O–H groups in total. The van der Waals surface area contributed by atoms with Crippen molar-refractivity contribution >= 4 is 29.4 Å². The van der Waals surface area contributed by atoms with Crippen LogP contribution in [-0.2, 0) is 14.4 Å². The van der Waals surface area contributed by atoms with Gasteiger partial charge in [0.15, 0.2) is 0 Å². The number of rotatable bonds is 11. The Kier molecular flexibility index (Phi) is 9.51. The van der Waals surface area contributed by atoms with E-state index in [1.165, 1.54) is 4.90 Å². The number of carbonyl (C=O) groups excluding carboxylic acids is 4. The van der Waals surface area contributed by atoms with Crippen LogP contribution in [0.3, 0.4) is 0 Å². The third-order valence-electron chi connectivity index (χ3n) is 6.45. The van der Waals surface area contributed by atoms with Gasteiger partial charge in [0.25, 0.3) is 0 Å². The van der Waals surface area contributed by atoms with E-state index in [1.54, 1.807) is 17.0 Å². The predicted octanol–water partition coefficient (Wildman–Crippen LogP) is 3.54. The van der Waals surface area contributed by atoms with E-state index < -0.39 is 6.03 Å². The number of anilines is 1. The smallest absolute Gasteiger partial charge is 0.327 e. The molecule has 1 aromatic carbocycles. The zero-order valence-electron chi connectivity index (χ0n) is 21.0. The van der Waals surface area contributed by atoms with Crippen molar-refractivity contribution in [1.29, 1.82) is 0 Å². The fourth-order valence-corrected chi connectivity index (χ4v) is 4.90. The number of nitrogens with zero attached hydrogens (tertiary/aromatic N) is 2. The number of unbranched alkanes of at least 4 members (excludes halogenated alkanes) is 1. The standard InChI is InChI=1S/C26H38N4O5/c1-4-35-22-14-8-6-12-20(22)28-24(32)17-30-21-13-7-5-11-19(21)25(33)29(26(30)34)16-10-9-15-23(31)27-18(2)3/h6,8,12,14,18-19,21H,4-5,7,9-11,13,15-17H2,1-3H3,(H,27,31)(H,28,32). The van der Waals surface area contributed by atoms with Gasteiger partial charge in [0, 0.05) is 25.0 Å². The van der Waals surface area contributed by atoms with Crippen LogP contribution in [0, 0.1) is 5.92 Å². The van der Waals surface area contributed by atoms with Crippen LogP contribution >= 0.6 is 0 Å². The highest BCUT2D eigenvalue weighted by molar-refractivity contribution is 6.01. The Morgan fingerprint density at radius 1 is 1.09 bits per heavy atom. The van der Waals surface area contributed by atoms with Gasteiger partial charge in [-0.3, -0.25) is 19.3 Å². The molecule has 5 amide bonds. The summed E-state index contributed by atoms with van der Waals surface area (Å²) in [5.74, 6) is -0.218. The van der Waals surface area contributed by atoms with Crippen molar-refractivity contribution in [1.82, 2.24) is 15.1 Å². The Morgan fingerprint density at radius 3 is 2.57 bits per heavy atom. The van der Waals surface area contributed by atoms with Gasteiger partial charge in [-0.1, -0.05) is 25.0 Å². The van der Waals surface area contributed by atoms with Crippen molar-refractivity contribution in [3.8, 4) is 5.75 Å². The molecule has 2 aliphatic rings. The Morgan fingerprint density at radius 2 is 1.83 bits per heavy atom. The summed E-state index contributed by atoms with van der Waals surface area (Å²) in [4.78, 5) is 54.2. The maximum absolute atomic E-state index is 13.4. The van der Waals surface area contributed by atoms with Gasteiger partial charge in [-0.05, 0) is 58.6 Å². The lowest BCUT2D eigenvalue weighted by atomic mass is 9.81. The molecule has 2 fully saturated rings. The first-order valence-corrected chi connectivity index (χ1v) is 12.7. The zero-order chi connectivity index (χ0) is 25.4. The summed E-state index contributed by atoms with van der Waals surface area (Å²) in [6.07, 6.45) is 4.78.